The molecule has 26 heavy (non-hydrogen) atoms. The Labute approximate surface area is 154 Å². The van der Waals surface area contributed by atoms with E-state index >= 15 is 0 Å². The third kappa shape index (κ3) is 5.05. The minimum Gasteiger partial charge on any atom is -0.372 e. The van der Waals surface area contributed by atoms with Crippen LogP contribution in [0.5, 0.6) is 0 Å². The molecular weight excluding hydrogens is 328 g/mol. The van der Waals surface area contributed by atoms with Crippen LogP contribution < -0.4 is 15.5 Å². The van der Waals surface area contributed by atoms with Gasteiger partial charge >= 0.3 is 0 Å². The molecule has 2 rings (SSSR count). The molecule has 0 bridgehead atoms. The lowest BCUT2D eigenvalue weighted by Gasteiger charge is -2.21. The van der Waals surface area contributed by atoms with Crippen LogP contribution in [-0.4, -0.2) is 35.9 Å². The molecule has 138 valence electrons. The maximum absolute atomic E-state index is 12.4. The van der Waals surface area contributed by atoms with Gasteiger partial charge in [0.1, 0.15) is 5.69 Å². The number of carbonyl (C=O) groups is 2. The summed E-state index contributed by atoms with van der Waals surface area (Å²) in [5, 5.41) is 5.62. The van der Waals surface area contributed by atoms with Gasteiger partial charge in [-0.3, -0.25) is 14.6 Å². The lowest BCUT2D eigenvalue weighted by atomic mass is 10.2. The standard InChI is InChI=1S/C20H26N4O2/c1-5-24(6-2)17-9-7-16(8-10-17)23-20(26)18-13-15(11-12-21-18)19(25)22-14(3)4/h7-14H,5-6H2,1-4H3,(H,22,25)(H,23,26). The third-order valence-electron chi connectivity index (χ3n) is 3.93. The van der Waals surface area contributed by atoms with E-state index in [4.69, 9.17) is 0 Å². The quantitative estimate of drug-likeness (QED) is 0.800. The SMILES string of the molecule is CCN(CC)c1ccc(NC(=O)c2cc(C(=O)NC(C)C)ccn2)cc1. The van der Waals surface area contributed by atoms with Crippen LogP contribution in [0.15, 0.2) is 42.6 Å². The van der Waals surface area contributed by atoms with E-state index < -0.39 is 0 Å². The summed E-state index contributed by atoms with van der Waals surface area (Å²) in [6.45, 7) is 9.83. The fourth-order valence-corrected chi connectivity index (χ4v) is 2.58. The average Bonchev–Trinajstić information content (AvgIpc) is 2.63. The Morgan fingerprint density at radius 1 is 1.04 bits per heavy atom. The topological polar surface area (TPSA) is 74.3 Å². The van der Waals surface area contributed by atoms with Crippen LogP contribution in [0.4, 0.5) is 11.4 Å². The molecule has 2 aromatic rings. The summed E-state index contributed by atoms with van der Waals surface area (Å²) in [4.78, 5) is 30.8. The Morgan fingerprint density at radius 2 is 1.69 bits per heavy atom. The number of carbonyl (C=O) groups excluding carboxylic acids is 2. The second kappa shape index (κ2) is 8.99. The van der Waals surface area contributed by atoms with Crippen molar-refractivity contribution in [3.8, 4) is 0 Å². The van der Waals surface area contributed by atoms with Gasteiger partial charge in [0, 0.05) is 42.3 Å². The summed E-state index contributed by atoms with van der Waals surface area (Å²) in [7, 11) is 0. The normalized spacial score (nSPS) is 10.5. The number of anilines is 2. The van der Waals surface area contributed by atoms with Crippen molar-refractivity contribution in [3.63, 3.8) is 0 Å². The molecule has 6 heteroatoms. The van der Waals surface area contributed by atoms with Crippen LogP contribution in [0.25, 0.3) is 0 Å². The molecule has 0 saturated heterocycles. The van der Waals surface area contributed by atoms with Crippen LogP contribution in [0, 0.1) is 0 Å². The molecule has 1 aromatic heterocycles. The van der Waals surface area contributed by atoms with E-state index in [1.54, 1.807) is 6.07 Å². The van der Waals surface area contributed by atoms with Crippen LogP contribution in [0.1, 0.15) is 48.5 Å². The van der Waals surface area contributed by atoms with Gasteiger partial charge in [0.15, 0.2) is 0 Å². The van der Waals surface area contributed by atoms with Crippen molar-refractivity contribution in [3.05, 3.63) is 53.9 Å². The molecule has 1 heterocycles. The molecule has 0 atom stereocenters. The Hall–Kier alpha value is -2.89. The van der Waals surface area contributed by atoms with Crippen molar-refractivity contribution in [2.75, 3.05) is 23.3 Å². The number of rotatable bonds is 7. The fraction of sp³-hybridized carbons (Fsp3) is 0.350. The van der Waals surface area contributed by atoms with E-state index in [1.807, 2.05) is 38.1 Å². The van der Waals surface area contributed by atoms with Crippen molar-refractivity contribution < 1.29 is 9.59 Å². The molecule has 0 unspecified atom stereocenters. The van der Waals surface area contributed by atoms with Crippen molar-refractivity contribution in [1.82, 2.24) is 10.3 Å². The second-order valence-electron chi connectivity index (χ2n) is 6.23. The number of nitrogens with zero attached hydrogens (tertiary/aromatic N) is 2. The number of hydrogen-bond acceptors (Lipinski definition) is 4. The molecule has 1 aromatic carbocycles. The minimum atomic E-state index is -0.347. The smallest absolute Gasteiger partial charge is 0.274 e. The maximum Gasteiger partial charge on any atom is 0.274 e. The van der Waals surface area contributed by atoms with E-state index in [2.05, 4.69) is 34.4 Å². The molecule has 2 N–H and O–H groups in total. The van der Waals surface area contributed by atoms with Gasteiger partial charge in [-0.2, -0.15) is 0 Å². The van der Waals surface area contributed by atoms with E-state index in [9.17, 15) is 9.59 Å². The first-order valence-electron chi connectivity index (χ1n) is 8.87. The summed E-state index contributed by atoms with van der Waals surface area (Å²) < 4.78 is 0. The Morgan fingerprint density at radius 3 is 2.27 bits per heavy atom. The first-order valence-corrected chi connectivity index (χ1v) is 8.87. The number of hydrogen-bond donors (Lipinski definition) is 2. The van der Waals surface area contributed by atoms with E-state index in [1.165, 1.54) is 12.3 Å². The number of amides is 2. The summed E-state index contributed by atoms with van der Waals surface area (Å²) in [6.07, 6.45) is 1.47. The Kier molecular flexibility index (Phi) is 6.72. The average molecular weight is 354 g/mol. The number of nitrogens with one attached hydrogen (secondary N) is 2. The highest BCUT2D eigenvalue weighted by atomic mass is 16.2. The number of aromatic nitrogens is 1. The molecule has 0 radical (unpaired) electrons. The third-order valence-corrected chi connectivity index (χ3v) is 3.93. The van der Waals surface area contributed by atoms with Gasteiger partial charge in [-0.15, -0.1) is 0 Å². The number of pyridine rings is 1. The van der Waals surface area contributed by atoms with E-state index in [0.29, 0.717) is 11.3 Å². The summed E-state index contributed by atoms with van der Waals surface area (Å²) in [5.74, 6) is -0.570. The minimum absolute atomic E-state index is 0.0252. The molecule has 0 aliphatic carbocycles. The van der Waals surface area contributed by atoms with E-state index in [0.717, 1.165) is 18.8 Å². The zero-order valence-corrected chi connectivity index (χ0v) is 15.7. The highest BCUT2D eigenvalue weighted by Gasteiger charge is 2.13. The lowest BCUT2D eigenvalue weighted by Crippen LogP contribution is -2.30. The molecule has 0 fully saturated rings. The van der Waals surface area contributed by atoms with Crippen LogP contribution >= 0.6 is 0 Å². The highest BCUT2D eigenvalue weighted by Crippen LogP contribution is 2.18. The van der Waals surface area contributed by atoms with Crippen LogP contribution in [0.3, 0.4) is 0 Å². The first-order chi connectivity index (χ1) is 12.4. The van der Waals surface area contributed by atoms with E-state index in [-0.39, 0.29) is 23.6 Å². The Bertz CT molecular complexity index is 753. The molecule has 6 nitrogen and oxygen atoms in total. The number of benzene rings is 1. The molecule has 0 saturated carbocycles. The summed E-state index contributed by atoms with van der Waals surface area (Å²) >= 11 is 0. The molecule has 0 spiro atoms. The van der Waals surface area contributed by atoms with Crippen molar-refractivity contribution in [2.24, 2.45) is 0 Å². The van der Waals surface area contributed by atoms with Crippen LogP contribution in [-0.2, 0) is 0 Å². The maximum atomic E-state index is 12.4. The van der Waals surface area contributed by atoms with Crippen molar-refractivity contribution >= 4 is 23.2 Å². The molecule has 0 aliphatic rings. The summed E-state index contributed by atoms with van der Waals surface area (Å²) in [5.41, 5.74) is 2.41. The Balaban J connectivity index is 2.09. The van der Waals surface area contributed by atoms with Gasteiger partial charge in [-0.1, -0.05) is 0 Å². The zero-order chi connectivity index (χ0) is 19.1. The van der Waals surface area contributed by atoms with Gasteiger partial charge in [0.25, 0.3) is 11.8 Å². The largest absolute Gasteiger partial charge is 0.372 e. The van der Waals surface area contributed by atoms with Gasteiger partial charge in [-0.05, 0) is 64.1 Å². The zero-order valence-electron chi connectivity index (χ0n) is 15.7. The molecule has 0 aliphatic heterocycles. The molecule has 2 amide bonds. The second-order valence-corrected chi connectivity index (χ2v) is 6.23. The van der Waals surface area contributed by atoms with Crippen molar-refractivity contribution in [2.45, 2.75) is 33.7 Å². The highest BCUT2D eigenvalue weighted by molar-refractivity contribution is 6.04. The fourth-order valence-electron chi connectivity index (χ4n) is 2.58. The van der Waals surface area contributed by atoms with Gasteiger partial charge in [0.05, 0.1) is 0 Å². The van der Waals surface area contributed by atoms with Gasteiger partial charge < -0.3 is 15.5 Å². The summed E-state index contributed by atoms with van der Waals surface area (Å²) in [6, 6.07) is 10.8. The predicted octanol–water partition coefficient (Wildman–Crippen LogP) is 3.32. The predicted molar refractivity (Wildman–Crippen MR) is 105 cm³/mol. The molecular formula is C20H26N4O2. The van der Waals surface area contributed by atoms with Crippen LogP contribution in [0.2, 0.25) is 0 Å². The van der Waals surface area contributed by atoms with Crippen molar-refractivity contribution in [1.29, 1.82) is 0 Å². The lowest BCUT2D eigenvalue weighted by molar-refractivity contribution is 0.0943. The van der Waals surface area contributed by atoms with Gasteiger partial charge in [-0.25, -0.2) is 0 Å². The van der Waals surface area contributed by atoms with Gasteiger partial charge in [0.2, 0.25) is 0 Å². The monoisotopic (exact) mass is 354 g/mol. The first kappa shape index (κ1) is 19.4.